The van der Waals surface area contributed by atoms with E-state index in [4.69, 9.17) is 10.5 Å². The van der Waals surface area contributed by atoms with Crippen LogP contribution in [0.4, 0.5) is 4.79 Å². The second-order valence-corrected chi connectivity index (χ2v) is 7.01. The van der Waals surface area contributed by atoms with Crippen LogP contribution in [-0.2, 0) is 16.1 Å². The van der Waals surface area contributed by atoms with Crippen LogP contribution in [0, 0.1) is 5.92 Å². The van der Waals surface area contributed by atoms with Gasteiger partial charge in [-0.2, -0.15) is 0 Å². The fraction of sp³-hybridized carbons (Fsp3) is 0.579. The Kier molecular flexibility index (Phi) is 6.82. The van der Waals surface area contributed by atoms with Crippen molar-refractivity contribution >= 4 is 12.0 Å². The predicted octanol–water partition coefficient (Wildman–Crippen LogP) is 2.23. The molecule has 6 heteroatoms. The number of ether oxygens (including phenoxy) is 1. The highest BCUT2D eigenvalue weighted by Gasteiger charge is 2.31. The Morgan fingerprint density at radius 3 is 2.56 bits per heavy atom. The second kappa shape index (κ2) is 8.85. The highest BCUT2D eigenvalue weighted by atomic mass is 16.6. The van der Waals surface area contributed by atoms with Crippen LogP contribution < -0.4 is 5.73 Å². The topological polar surface area (TPSA) is 75.9 Å². The normalized spacial score (nSPS) is 18.3. The number of hydrogen-bond donors (Lipinski definition) is 1. The molecule has 2 amide bonds. The van der Waals surface area contributed by atoms with Gasteiger partial charge in [-0.1, -0.05) is 30.3 Å². The van der Waals surface area contributed by atoms with Crippen LogP contribution in [0.2, 0.25) is 0 Å². The van der Waals surface area contributed by atoms with Crippen molar-refractivity contribution in [2.24, 2.45) is 11.7 Å². The molecule has 2 atom stereocenters. The Balaban J connectivity index is 1.83. The van der Waals surface area contributed by atoms with Gasteiger partial charge in [0, 0.05) is 25.7 Å². The largest absolute Gasteiger partial charge is 0.445 e. The van der Waals surface area contributed by atoms with Gasteiger partial charge in [0.25, 0.3) is 0 Å². The van der Waals surface area contributed by atoms with E-state index in [0.717, 1.165) is 12.0 Å². The minimum Gasteiger partial charge on any atom is -0.445 e. The van der Waals surface area contributed by atoms with E-state index in [1.54, 1.807) is 11.8 Å². The molecule has 1 heterocycles. The molecule has 1 aliphatic heterocycles. The van der Waals surface area contributed by atoms with Crippen molar-refractivity contribution in [2.45, 2.75) is 45.9 Å². The Hall–Kier alpha value is -2.08. The summed E-state index contributed by atoms with van der Waals surface area (Å²) >= 11 is 0. The highest BCUT2D eigenvalue weighted by molar-refractivity contribution is 5.81. The van der Waals surface area contributed by atoms with Crippen molar-refractivity contribution in [3.05, 3.63) is 35.9 Å². The molecule has 138 valence electrons. The standard InChI is InChI=1S/C19H29N3O3/c1-14(2)22(18(23)15(3)20)12-17-9-10-21(11-17)19(24)25-13-16-7-5-4-6-8-16/h4-8,14-15,17H,9-13,20H2,1-3H3. The molecule has 1 aromatic rings. The molecule has 2 unspecified atom stereocenters. The Morgan fingerprint density at radius 1 is 1.28 bits per heavy atom. The molecule has 6 nitrogen and oxygen atoms in total. The predicted molar refractivity (Wildman–Crippen MR) is 96.8 cm³/mol. The fourth-order valence-electron chi connectivity index (χ4n) is 3.05. The van der Waals surface area contributed by atoms with Crippen molar-refractivity contribution in [1.29, 1.82) is 0 Å². The number of rotatable bonds is 6. The molecule has 0 spiro atoms. The molecule has 0 saturated carbocycles. The van der Waals surface area contributed by atoms with Crippen LogP contribution >= 0.6 is 0 Å². The molecule has 0 aliphatic carbocycles. The number of nitrogens with two attached hydrogens (primary N) is 1. The van der Waals surface area contributed by atoms with Gasteiger partial charge in [-0.15, -0.1) is 0 Å². The molecular formula is C19H29N3O3. The lowest BCUT2D eigenvalue weighted by Gasteiger charge is -2.30. The maximum atomic E-state index is 12.2. The number of hydrogen-bond acceptors (Lipinski definition) is 4. The van der Waals surface area contributed by atoms with Crippen LogP contribution in [0.3, 0.4) is 0 Å². The summed E-state index contributed by atoms with van der Waals surface area (Å²) in [6.07, 6.45) is 0.580. The van der Waals surface area contributed by atoms with Crippen LogP contribution in [-0.4, -0.2) is 53.5 Å². The van der Waals surface area contributed by atoms with E-state index in [1.165, 1.54) is 0 Å². The quantitative estimate of drug-likeness (QED) is 0.856. The zero-order valence-corrected chi connectivity index (χ0v) is 15.4. The number of carbonyl (C=O) groups is 2. The number of carbonyl (C=O) groups excluding carboxylic acids is 2. The summed E-state index contributed by atoms with van der Waals surface area (Å²) in [5.41, 5.74) is 6.72. The van der Waals surface area contributed by atoms with Gasteiger partial charge in [0.15, 0.2) is 0 Å². The van der Waals surface area contributed by atoms with E-state index in [9.17, 15) is 9.59 Å². The first-order valence-electron chi connectivity index (χ1n) is 8.90. The molecule has 1 aromatic carbocycles. The van der Waals surface area contributed by atoms with Gasteiger partial charge in [0.1, 0.15) is 6.61 Å². The van der Waals surface area contributed by atoms with Crippen LogP contribution in [0.15, 0.2) is 30.3 Å². The van der Waals surface area contributed by atoms with Gasteiger partial charge in [-0.05, 0) is 38.7 Å². The minimum atomic E-state index is -0.504. The molecule has 1 aliphatic rings. The lowest BCUT2D eigenvalue weighted by atomic mass is 10.1. The molecular weight excluding hydrogens is 318 g/mol. The van der Waals surface area contributed by atoms with E-state index >= 15 is 0 Å². The third-order valence-electron chi connectivity index (χ3n) is 4.50. The van der Waals surface area contributed by atoms with Crippen molar-refractivity contribution in [3.8, 4) is 0 Å². The van der Waals surface area contributed by atoms with Gasteiger partial charge in [0.2, 0.25) is 5.91 Å². The monoisotopic (exact) mass is 347 g/mol. The van der Waals surface area contributed by atoms with Crippen molar-refractivity contribution in [2.75, 3.05) is 19.6 Å². The third-order valence-corrected chi connectivity index (χ3v) is 4.50. The van der Waals surface area contributed by atoms with E-state index in [0.29, 0.717) is 19.6 Å². The van der Waals surface area contributed by atoms with Crippen molar-refractivity contribution in [3.63, 3.8) is 0 Å². The summed E-state index contributed by atoms with van der Waals surface area (Å²) in [4.78, 5) is 28.0. The Bertz CT molecular complexity index is 575. The molecule has 1 saturated heterocycles. The van der Waals surface area contributed by atoms with Crippen LogP contribution in [0.5, 0.6) is 0 Å². The average Bonchev–Trinajstić information content (AvgIpc) is 3.06. The van der Waals surface area contributed by atoms with E-state index in [2.05, 4.69) is 0 Å². The van der Waals surface area contributed by atoms with Crippen LogP contribution in [0.25, 0.3) is 0 Å². The summed E-state index contributed by atoms with van der Waals surface area (Å²) in [6, 6.07) is 9.23. The number of benzene rings is 1. The first kappa shape index (κ1) is 19.2. The summed E-state index contributed by atoms with van der Waals surface area (Å²) in [7, 11) is 0. The molecule has 25 heavy (non-hydrogen) atoms. The summed E-state index contributed by atoms with van der Waals surface area (Å²) in [5, 5.41) is 0. The Labute approximate surface area is 149 Å². The number of nitrogens with zero attached hydrogens (tertiary/aromatic N) is 2. The second-order valence-electron chi connectivity index (χ2n) is 7.01. The maximum absolute atomic E-state index is 12.2. The van der Waals surface area contributed by atoms with Gasteiger partial charge in [0.05, 0.1) is 6.04 Å². The lowest BCUT2D eigenvalue weighted by molar-refractivity contribution is -0.134. The molecule has 0 radical (unpaired) electrons. The van der Waals surface area contributed by atoms with Gasteiger partial charge in [-0.3, -0.25) is 4.79 Å². The smallest absolute Gasteiger partial charge is 0.410 e. The summed E-state index contributed by atoms with van der Waals surface area (Å²) in [6.45, 7) is 7.87. The minimum absolute atomic E-state index is 0.0416. The van der Waals surface area contributed by atoms with Crippen molar-refractivity contribution < 1.29 is 14.3 Å². The number of amides is 2. The van der Waals surface area contributed by atoms with Gasteiger partial charge in [-0.25, -0.2) is 4.79 Å². The molecule has 2 N–H and O–H groups in total. The maximum Gasteiger partial charge on any atom is 0.410 e. The molecule has 0 aromatic heterocycles. The SMILES string of the molecule is CC(N)C(=O)N(CC1CCN(C(=O)OCc2ccccc2)C1)C(C)C. The van der Waals surface area contributed by atoms with Crippen molar-refractivity contribution in [1.82, 2.24) is 9.80 Å². The first-order valence-corrected chi connectivity index (χ1v) is 8.90. The lowest BCUT2D eigenvalue weighted by Crippen LogP contribution is -2.48. The number of likely N-dealkylation sites (tertiary alicyclic amines) is 1. The summed E-state index contributed by atoms with van der Waals surface area (Å²) < 4.78 is 5.38. The fourth-order valence-corrected chi connectivity index (χ4v) is 3.05. The average molecular weight is 347 g/mol. The van der Waals surface area contributed by atoms with Crippen LogP contribution in [0.1, 0.15) is 32.8 Å². The highest BCUT2D eigenvalue weighted by Crippen LogP contribution is 2.20. The Morgan fingerprint density at radius 2 is 1.96 bits per heavy atom. The summed E-state index contributed by atoms with van der Waals surface area (Å²) in [5.74, 6) is 0.217. The van der Waals surface area contributed by atoms with Gasteiger partial charge >= 0.3 is 6.09 Å². The third kappa shape index (κ3) is 5.46. The molecule has 2 rings (SSSR count). The van der Waals surface area contributed by atoms with E-state index in [-0.39, 0.29) is 30.6 Å². The van der Waals surface area contributed by atoms with E-state index in [1.807, 2.05) is 49.1 Å². The zero-order chi connectivity index (χ0) is 18.4. The molecule has 0 bridgehead atoms. The molecule has 1 fully saturated rings. The zero-order valence-electron chi connectivity index (χ0n) is 15.4. The van der Waals surface area contributed by atoms with E-state index < -0.39 is 6.04 Å². The van der Waals surface area contributed by atoms with Gasteiger partial charge < -0.3 is 20.3 Å². The first-order chi connectivity index (χ1) is 11.9.